The molecule has 0 aliphatic heterocycles. The average Bonchev–Trinajstić information content (AvgIpc) is 3.16. The van der Waals surface area contributed by atoms with Gasteiger partial charge in [-0.25, -0.2) is 8.42 Å². The van der Waals surface area contributed by atoms with E-state index >= 15 is 0 Å². The molecule has 0 aliphatic rings. The van der Waals surface area contributed by atoms with Crippen LogP contribution in [0.25, 0.3) is 11.4 Å². The second kappa shape index (κ2) is 6.93. The fraction of sp³-hybridized carbons (Fsp3) is 0.143. The zero-order valence-corrected chi connectivity index (χ0v) is 16.3. The van der Waals surface area contributed by atoms with E-state index in [9.17, 15) is 8.42 Å². The van der Waals surface area contributed by atoms with Crippen molar-refractivity contribution >= 4 is 48.9 Å². The molecule has 0 saturated carbocycles. The molecule has 0 spiro atoms. The highest BCUT2D eigenvalue weighted by Gasteiger charge is 2.24. The Morgan fingerprint density at radius 2 is 2.12 bits per heavy atom. The highest BCUT2D eigenvalue weighted by Crippen LogP contribution is 2.28. The van der Waals surface area contributed by atoms with Crippen LogP contribution in [0.4, 0.5) is 0 Å². The van der Waals surface area contributed by atoms with Crippen molar-refractivity contribution in [2.45, 2.75) is 10.8 Å². The van der Waals surface area contributed by atoms with Gasteiger partial charge in [0.15, 0.2) is 0 Å². The number of thiophene rings is 1. The molecule has 126 valence electrons. The van der Waals surface area contributed by atoms with Gasteiger partial charge in [-0.2, -0.15) is 9.29 Å². The maximum Gasteiger partial charge on any atom is 0.252 e. The molecular formula is C14H11BrClN3O3S2. The van der Waals surface area contributed by atoms with Gasteiger partial charge in [-0.05, 0) is 40.2 Å². The zero-order chi connectivity index (χ0) is 17.3. The van der Waals surface area contributed by atoms with Gasteiger partial charge in [-0.15, -0.1) is 11.3 Å². The first-order valence-corrected chi connectivity index (χ1v) is 10.1. The third kappa shape index (κ3) is 3.70. The third-order valence-electron chi connectivity index (χ3n) is 3.12. The molecule has 0 bridgehead atoms. The minimum absolute atomic E-state index is 0.0224. The van der Waals surface area contributed by atoms with E-state index in [0.717, 1.165) is 15.1 Å². The molecular weight excluding hydrogens is 438 g/mol. The fourth-order valence-electron chi connectivity index (χ4n) is 1.93. The lowest BCUT2D eigenvalue weighted by Crippen LogP contribution is -2.25. The second-order valence-corrected chi connectivity index (χ2v) is 10.0. The van der Waals surface area contributed by atoms with Crippen molar-refractivity contribution < 1.29 is 12.9 Å². The number of hydrogen-bond acceptors (Lipinski definition) is 6. The van der Waals surface area contributed by atoms with E-state index < -0.39 is 10.0 Å². The number of halogens is 2. The van der Waals surface area contributed by atoms with Crippen LogP contribution in [-0.4, -0.2) is 29.9 Å². The van der Waals surface area contributed by atoms with E-state index in [1.165, 1.54) is 11.4 Å². The van der Waals surface area contributed by atoms with Crippen LogP contribution in [0.2, 0.25) is 5.02 Å². The molecule has 0 fully saturated rings. The van der Waals surface area contributed by atoms with Gasteiger partial charge in [-0.3, -0.25) is 0 Å². The van der Waals surface area contributed by atoms with E-state index in [-0.39, 0.29) is 16.6 Å². The third-order valence-corrected chi connectivity index (χ3v) is 7.25. The van der Waals surface area contributed by atoms with Crippen molar-refractivity contribution in [3.8, 4) is 11.4 Å². The van der Waals surface area contributed by atoms with Gasteiger partial charge in [0.25, 0.3) is 10.0 Å². The molecule has 3 rings (SSSR count). The van der Waals surface area contributed by atoms with Crippen LogP contribution in [0.3, 0.4) is 0 Å². The van der Waals surface area contributed by atoms with Gasteiger partial charge in [0.2, 0.25) is 11.7 Å². The number of nitrogens with zero attached hydrogens (tertiary/aromatic N) is 3. The number of rotatable bonds is 5. The summed E-state index contributed by atoms with van der Waals surface area (Å²) in [6, 6.07) is 10.3. The van der Waals surface area contributed by atoms with Crippen molar-refractivity contribution in [2.24, 2.45) is 0 Å². The maximum absolute atomic E-state index is 12.5. The first-order chi connectivity index (χ1) is 11.4. The summed E-state index contributed by atoms with van der Waals surface area (Å²) in [7, 11) is -2.14. The number of hydrogen-bond donors (Lipinski definition) is 0. The van der Waals surface area contributed by atoms with E-state index in [1.807, 2.05) is 0 Å². The first-order valence-electron chi connectivity index (χ1n) is 6.66. The largest absolute Gasteiger partial charge is 0.338 e. The first kappa shape index (κ1) is 17.6. The average molecular weight is 449 g/mol. The van der Waals surface area contributed by atoms with Crippen molar-refractivity contribution in [3.05, 3.63) is 51.1 Å². The Morgan fingerprint density at radius 1 is 1.33 bits per heavy atom. The molecule has 0 N–H and O–H groups in total. The molecule has 24 heavy (non-hydrogen) atoms. The quantitative estimate of drug-likeness (QED) is 0.589. The standard InChI is InChI=1S/C14H11BrClN3O3S2/c1-19(24(20,21)13-6-5-11(15)23-13)8-12-17-14(18-22-12)9-3-2-4-10(16)7-9/h2-7H,8H2,1H3. The van der Waals surface area contributed by atoms with E-state index in [4.69, 9.17) is 16.1 Å². The van der Waals surface area contributed by atoms with Crippen LogP contribution in [0, 0.1) is 0 Å². The maximum atomic E-state index is 12.5. The predicted molar refractivity (Wildman–Crippen MR) is 95.4 cm³/mol. The molecule has 6 nitrogen and oxygen atoms in total. The Balaban J connectivity index is 1.79. The van der Waals surface area contributed by atoms with Gasteiger partial charge in [-0.1, -0.05) is 28.9 Å². The Hall–Kier alpha value is -1.26. The van der Waals surface area contributed by atoms with Crippen LogP contribution in [0.1, 0.15) is 5.89 Å². The van der Waals surface area contributed by atoms with Crippen molar-refractivity contribution in [3.63, 3.8) is 0 Å². The van der Waals surface area contributed by atoms with Gasteiger partial charge in [0.1, 0.15) is 4.21 Å². The summed E-state index contributed by atoms with van der Waals surface area (Å²) < 4.78 is 32.3. The molecule has 0 unspecified atom stereocenters. The lowest BCUT2D eigenvalue weighted by atomic mass is 10.2. The summed E-state index contributed by atoms with van der Waals surface area (Å²) in [4.78, 5) is 4.23. The van der Waals surface area contributed by atoms with Gasteiger partial charge in [0, 0.05) is 17.6 Å². The predicted octanol–water partition coefficient (Wildman–Crippen LogP) is 4.03. The Morgan fingerprint density at radius 3 is 2.79 bits per heavy atom. The summed E-state index contributed by atoms with van der Waals surface area (Å²) in [5.41, 5.74) is 0.699. The molecule has 2 heterocycles. The minimum Gasteiger partial charge on any atom is -0.338 e. The zero-order valence-electron chi connectivity index (χ0n) is 12.3. The van der Waals surface area contributed by atoms with Gasteiger partial charge < -0.3 is 4.52 Å². The highest BCUT2D eigenvalue weighted by atomic mass is 79.9. The number of sulfonamides is 1. The van der Waals surface area contributed by atoms with Crippen LogP contribution in [-0.2, 0) is 16.6 Å². The molecule has 10 heteroatoms. The van der Waals surface area contributed by atoms with Crippen LogP contribution < -0.4 is 0 Å². The summed E-state index contributed by atoms with van der Waals surface area (Å²) in [5.74, 6) is 0.559. The molecule has 0 aliphatic carbocycles. The molecule has 2 aromatic heterocycles. The highest BCUT2D eigenvalue weighted by molar-refractivity contribution is 9.11. The number of benzene rings is 1. The Bertz CT molecular complexity index is 971. The van der Waals surface area contributed by atoms with Crippen molar-refractivity contribution in [1.82, 2.24) is 14.4 Å². The van der Waals surface area contributed by atoms with E-state index in [2.05, 4.69) is 26.1 Å². The SMILES string of the molecule is CN(Cc1nc(-c2cccc(Cl)c2)no1)S(=O)(=O)c1ccc(Br)s1. The summed E-state index contributed by atoms with van der Waals surface area (Å²) >= 11 is 10.3. The molecule has 0 amide bonds. The second-order valence-electron chi connectivity index (χ2n) is 4.84. The monoisotopic (exact) mass is 447 g/mol. The topological polar surface area (TPSA) is 76.3 Å². The lowest BCUT2D eigenvalue weighted by molar-refractivity contribution is 0.337. The van der Waals surface area contributed by atoms with Crippen molar-refractivity contribution in [1.29, 1.82) is 0 Å². The van der Waals surface area contributed by atoms with Crippen molar-refractivity contribution in [2.75, 3.05) is 7.05 Å². The molecule has 1 aromatic carbocycles. The van der Waals surface area contributed by atoms with Gasteiger partial charge in [0.05, 0.1) is 10.3 Å². The summed E-state index contributed by atoms with van der Waals surface area (Å²) in [6.45, 7) is -0.0224. The van der Waals surface area contributed by atoms with Crippen LogP contribution in [0.15, 0.2) is 48.9 Å². The van der Waals surface area contributed by atoms with E-state index in [0.29, 0.717) is 16.4 Å². The molecule has 3 aromatic rings. The lowest BCUT2D eigenvalue weighted by Gasteiger charge is -2.13. The normalized spacial score (nSPS) is 12.0. The molecule has 0 saturated heterocycles. The van der Waals surface area contributed by atoms with E-state index in [1.54, 1.807) is 36.4 Å². The smallest absolute Gasteiger partial charge is 0.252 e. The summed E-state index contributed by atoms with van der Waals surface area (Å²) in [5, 5.41) is 4.43. The fourth-order valence-corrected chi connectivity index (χ4v) is 5.46. The Kier molecular flexibility index (Phi) is 5.07. The van der Waals surface area contributed by atoms with Crippen LogP contribution >= 0.6 is 38.9 Å². The molecule has 0 atom stereocenters. The summed E-state index contributed by atoms with van der Waals surface area (Å²) in [6.07, 6.45) is 0. The number of aromatic nitrogens is 2. The Labute approximate surface area is 156 Å². The van der Waals surface area contributed by atoms with Crippen LogP contribution in [0.5, 0.6) is 0 Å². The minimum atomic E-state index is -3.61. The molecule has 0 radical (unpaired) electrons. The van der Waals surface area contributed by atoms with Gasteiger partial charge >= 0.3 is 0 Å².